The molecule has 0 saturated heterocycles. The summed E-state index contributed by atoms with van der Waals surface area (Å²) in [6, 6.07) is 0. The minimum Gasteiger partial charge on any atom is -0.394 e. The second-order valence-corrected chi connectivity index (χ2v) is 1.92. The average Bonchev–Trinajstić information content (AvgIpc) is 2.00. The van der Waals surface area contributed by atoms with E-state index < -0.39 is 24.9 Å². The fourth-order valence-electron chi connectivity index (χ4n) is 0.449. The normalized spacial score (nSPS) is 20.1. The number of hydrogen-bond acceptors (Lipinski definition) is 5. The molecule has 61 valence electrons. The summed E-state index contributed by atoms with van der Waals surface area (Å²) in [4.78, 5) is 0. The summed E-state index contributed by atoms with van der Waals surface area (Å²) in [6.45, 7) is 0.232. The van der Waals surface area contributed by atoms with Crippen molar-refractivity contribution in [1.29, 1.82) is 0 Å². The molecule has 0 aliphatic heterocycles. The van der Waals surface area contributed by atoms with E-state index in [-0.39, 0.29) is 0 Å². The van der Waals surface area contributed by atoms with Crippen LogP contribution in [0.1, 0.15) is 0 Å². The van der Waals surface area contributed by atoms with Crippen molar-refractivity contribution < 1.29 is 20.4 Å². The molecule has 1 radical (unpaired) electrons. The maximum absolute atomic E-state index is 8.81. The van der Waals surface area contributed by atoms with Crippen molar-refractivity contribution >= 4 is 0 Å². The molecule has 3 unspecified atom stereocenters. The Morgan fingerprint density at radius 1 is 1.30 bits per heavy atom. The van der Waals surface area contributed by atoms with Gasteiger partial charge in [-0.1, -0.05) is 0 Å². The maximum atomic E-state index is 8.81. The first kappa shape index (κ1) is 9.80. The minimum atomic E-state index is -1.42. The minimum absolute atomic E-state index is 0.605. The van der Waals surface area contributed by atoms with Crippen molar-refractivity contribution in [3.8, 4) is 0 Å². The van der Waals surface area contributed by atoms with E-state index in [2.05, 4.69) is 0 Å². The number of aliphatic hydroxyl groups is 4. The fraction of sp³-hybridized carbons (Fsp3) is 0.800. The van der Waals surface area contributed by atoms with E-state index in [1.54, 1.807) is 0 Å². The van der Waals surface area contributed by atoms with Crippen LogP contribution in [-0.2, 0) is 0 Å². The van der Waals surface area contributed by atoms with Gasteiger partial charge in [0.15, 0.2) is 0 Å². The average molecular weight is 150 g/mol. The molecule has 0 aromatic carbocycles. The zero-order chi connectivity index (χ0) is 8.15. The molecule has 5 heteroatoms. The Labute approximate surface area is 58.7 Å². The molecule has 0 saturated carbocycles. The van der Waals surface area contributed by atoms with Gasteiger partial charge in [0, 0.05) is 0 Å². The van der Waals surface area contributed by atoms with Gasteiger partial charge in [0.1, 0.15) is 12.2 Å². The van der Waals surface area contributed by atoms with Crippen molar-refractivity contribution in [2.24, 2.45) is 5.73 Å². The van der Waals surface area contributed by atoms with Crippen molar-refractivity contribution in [2.45, 2.75) is 18.3 Å². The van der Waals surface area contributed by atoms with E-state index in [0.29, 0.717) is 0 Å². The molecule has 0 spiro atoms. The molecule has 5 nitrogen and oxygen atoms in total. The van der Waals surface area contributed by atoms with E-state index in [4.69, 9.17) is 26.2 Å². The highest BCUT2D eigenvalue weighted by molar-refractivity contribution is 4.81. The van der Waals surface area contributed by atoms with Gasteiger partial charge in [0.2, 0.25) is 0 Å². The molecule has 0 fully saturated rings. The maximum Gasteiger partial charge on any atom is 0.110 e. The van der Waals surface area contributed by atoms with Crippen molar-refractivity contribution in [3.63, 3.8) is 0 Å². The summed E-state index contributed by atoms with van der Waals surface area (Å²) >= 11 is 0. The van der Waals surface area contributed by atoms with Gasteiger partial charge in [-0.15, -0.1) is 0 Å². The van der Waals surface area contributed by atoms with Crippen LogP contribution < -0.4 is 5.73 Å². The summed E-state index contributed by atoms with van der Waals surface area (Å²) < 4.78 is 0. The number of nitrogens with two attached hydrogens (primary N) is 1. The molecule has 0 amide bonds. The van der Waals surface area contributed by atoms with Crippen LogP contribution in [0.2, 0.25) is 0 Å². The second kappa shape index (κ2) is 4.59. The topological polar surface area (TPSA) is 107 Å². The summed E-state index contributed by atoms with van der Waals surface area (Å²) in [7, 11) is 0. The number of hydrogen-bond donors (Lipinski definition) is 5. The van der Waals surface area contributed by atoms with Crippen LogP contribution in [0.25, 0.3) is 0 Å². The molecule has 0 aliphatic carbocycles. The van der Waals surface area contributed by atoms with Crippen LogP contribution in [0.5, 0.6) is 0 Å². The van der Waals surface area contributed by atoms with Crippen LogP contribution in [0.3, 0.4) is 0 Å². The Morgan fingerprint density at radius 2 is 1.80 bits per heavy atom. The Balaban J connectivity index is 3.69. The first-order valence-electron chi connectivity index (χ1n) is 2.83. The predicted molar refractivity (Wildman–Crippen MR) is 33.6 cm³/mol. The van der Waals surface area contributed by atoms with Gasteiger partial charge < -0.3 is 26.2 Å². The lowest BCUT2D eigenvalue weighted by molar-refractivity contribution is -0.0659. The zero-order valence-corrected chi connectivity index (χ0v) is 5.38. The van der Waals surface area contributed by atoms with Gasteiger partial charge in [0.25, 0.3) is 0 Å². The van der Waals surface area contributed by atoms with Crippen LogP contribution in [0, 0.1) is 6.54 Å². The molecule has 0 aliphatic rings. The predicted octanol–water partition coefficient (Wildman–Crippen LogP) is -2.82. The molecule has 0 rings (SSSR count). The van der Waals surface area contributed by atoms with E-state index in [0.717, 1.165) is 6.54 Å². The van der Waals surface area contributed by atoms with Gasteiger partial charge in [-0.3, -0.25) is 0 Å². The molecule has 3 atom stereocenters. The molecule has 0 aromatic heterocycles. The third-order valence-corrected chi connectivity index (χ3v) is 1.13. The van der Waals surface area contributed by atoms with Gasteiger partial charge in [-0.25, -0.2) is 0 Å². The third-order valence-electron chi connectivity index (χ3n) is 1.13. The van der Waals surface area contributed by atoms with E-state index >= 15 is 0 Å². The lowest BCUT2D eigenvalue weighted by Gasteiger charge is -2.19. The van der Waals surface area contributed by atoms with Crippen molar-refractivity contribution in [1.82, 2.24) is 0 Å². The molecular formula is C5H12NO4. The van der Waals surface area contributed by atoms with Crippen LogP contribution >= 0.6 is 0 Å². The van der Waals surface area contributed by atoms with E-state index in [1.165, 1.54) is 0 Å². The van der Waals surface area contributed by atoms with Crippen molar-refractivity contribution in [3.05, 3.63) is 6.54 Å². The monoisotopic (exact) mass is 150 g/mol. The van der Waals surface area contributed by atoms with Crippen LogP contribution in [-0.4, -0.2) is 45.3 Å². The van der Waals surface area contributed by atoms with Crippen LogP contribution in [0.4, 0.5) is 0 Å². The molecule has 10 heavy (non-hydrogen) atoms. The number of aliphatic hydroxyl groups excluding tert-OH is 4. The summed E-state index contributed by atoms with van der Waals surface area (Å²) in [5, 5.41) is 34.5. The summed E-state index contributed by atoms with van der Waals surface area (Å²) in [5.41, 5.74) is 4.84. The first-order chi connectivity index (χ1) is 4.63. The quantitative estimate of drug-likeness (QED) is 0.297. The molecule has 6 N–H and O–H groups in total. The van der Waals surface area contributed by atoms with Crippen LogP contribution in [0.15, 0.2) is 0 Å². The van der Waals surface area contributed by atoms with Gasteiger partial charge >= 0.3 is 0 Å². The Kier molecular flexibility index (Phi) is 4.50. The number of rotatable bonds is 4. The third kappa shape index (κ3) is 2.59. The fourth-order valence-corrected chi connectivity index (χ4v) is 0.449. The van der Waals surface area contributed by atoms with Gasteiger partial charge in [-0.05, 0) is 0 Å². The molecule has 0 heterocycles. The Morgan fingerprint density at radius 3 is 2.10 bits per heavy atom. The highest BCUT2D eigenvalue weighted by Gasteiger charge is 2.22. The molecular weight excluding hydrogens is 138 g/mol. The first-order valence-corrected chi connectivity index (χ1v) is 2.83. The molecule has 0 aromatic rings. The summed E-state index contributed by atoms with van der Waals surface area (Å²) in [5.74, 6) is 0. The standard InChI is InChI=1S/C5H12NO4/c6-1-3(8)5(10)4(9)2-7/h1,3-5,7-10H,2,6H2. The highest BCUT2D eigenvalue weighted by atomic mass is 16.4. The summed E-state index contributed by atoms with van der Waals surface area (Å²) in [6.07, 6.45) is -4.08. The Bertz CT molecular complexity index is 79.7. The lowest BCUT2D eigenvalue weighted by atomic mass is 10.1. The van der Waals surface area contributed by atoms with Crippen molar-refractivity contribution in [2.75, 3.05) is 6.61 Å². The van der Waals surface area contributed by atoms with E-state index in [9.17, 15) is 0 Å². The largest absolute Gasteiger partial charge is 0.394 e. The SMILES string of the molecule is N[CH]C(O)C(O)C(O)CO. The Hall–Kier alpha value is -0.200. The highest BCUT2D eigenvalue weighted by Crippen LogP contribution is 1.99. The molecule has 0 bridgehead atoms. The zero-order valence-electron chi connectivity index (χ0n) is 5.38. The second-order valence-electron chi connectivity index (χ2n) is 1.92. The smallest absolute Gasteiger partial charge is 0.110 e. The van der Waals surface area contributed by atoms with Gasteiger partial charge in [0.05, 0.1) is 19.3 Å². The van der Waals surface area contributed by atoms with Gasteiger partial charge in [-0.2, -0.15) is 0 Å². The lowest BCUT2D eigenvalue weighted by Crippen LogP contribution is -2.41. The van der Waals surface area contributed by atoms with E-state index in [1.807, 2.05) is 0 Å².